The fourth-order valence-corrected chi connectivity index (χ4v) is 12.9. The normalized spacial score (nSPS) is 28.2. The van der Waals surface area contributed by atoms with Gasteiger partial charge in [-0.3, -0.25) is 0 Å². The summed E-state index contributed by atoms with van der Waals surface area (Å²) in [6.07, 6.45) is 3.14. The Balaban J connectivity index is 1.39. The smallest absolute Gasteiger partial charge is 0.0150 e. The molecule has 0 aromatic heterocycles. The number of rotatable bonds is 3. The molecule has 4 unspecified atom stereocenters. The molecule has 7 rings (SSSR count). The highest BCUT2D eigenvalue weighted by molar-refractivity contribution is 5.82. The van der Waals surface area contributed by atoms with Crippen LogP contribution in [0.1, 0.15) is 158 Å². The van der Waals surface area contributed by atoms with Crippen LogP contribution in [0.5, 0.6) is 0 Å². The van der Waals surface area contributed by atoms with Crippen molar-refractivity contribution in [3.8, 4) is 0 Å². The predicted octanol–water partition coefficient (Wildman–Crippen LogP) is 16.1. The Morgan fingerprint density at radius 3 is 1.09 bits per heavy atom. The molecule has 0 aromatic carbocycles. The SMILES string of the molecule is C=C1C2=C(C3=C(C)C(C)=C(C4=C(C)C5=C(C6=C(C5)C(C)=C(C)C6C(C)(C)C)C4C(C)(C)C)C3)C(C(C)(C)C)C(=C)C2=C(C2=C(C)C(C)=C(C)C2)C1C(C)(C)C. The molecule has 0 aliphatic heterocycles. The first-order valence-electron chi connectivity index (χ1n) is 21.5. The number of fused-ring (bicyclic) bond motifs is 2. The van der Waals surface area contributed by atoms with Gasteiger partial charge < -0.3 is 0 Å². The Labute approximate surface area is 337 Å². The van der Waals surface area contributed by atoms with Gasteiger partial charge in [0.05, 0.1) is 0 Å². The summed E-state index contributed by atoms with van der Waals surface area (Å²) in [5, 5.41) is 0. The van der Waals surface area contributed by atoms with Crippen molar-refractivity contribution < 1.29 is 0 Å². The van der Waals surface area contributed by atoms with E-state index in [4.69, 9.17) is 13.2 Å². The summed E-state index contributed by atoms with van der Waals surface area (Å²) >= 11 is 0. The zero-order chi connectivity index (χ0) is 41.1. The van der Waals surface area contributed by atoms with Gasteiger partial charge in [0.15, 0.2) is 0 Å². The van der Waals surface area contributed by atoms with Crippen molar-refractivity contribution in [2.45, 2.75) is 158 Å². The van der Waals surface area contributed by atoms with Gasteiger partial charge in [0, 0.05) is 23.7 Å². The van der Waals surface area contributed by atoms with Gasteiger partial charge in [-0.05, 0) is 208 Å². The van der Waals surface area contributed by atoms with E-state index < -0.39 is 0 Å². The van der Waals surface area contributed by atoms with Gasteiger partial charge in [-0.25, -0.2) is 0 Å². The molecule has 0 heteroatoms. The fraction of sp³-hybridized carbons (Fsp3) is 0.564. The third-order valence-corrected chi connectivity index (χ3v) is 15.6. The maximum absolute atomic E-state index is 5.07. The standard InChI is InChI=1S/C55H74/c1-26-23-36(28(3)27(26)2)44-42-34(9)50(54(17,18)19)45(43(42)35(10)49(44)53(14,15)16)38-24-37(29(4)30(38)5)41-33(8)40-25-39-31(6)32(7)48(52(11,12)13)46(39)47(40)51(41)55(20,21)22/h48-51H,9-10,23-25H2,1-8,11-22H3. The van der Waals surface area contributed by atoms with Crippen molar-refractivity contribution in [1.29, 1.82) is 0 Å². The van der Waals surface area contributed by atoms with Gasteiger partial charge in [0.1, 0.15) is 0 Å². The Hall–Kier alpha value is -3.12. The van der Waals surface area contributed by atoms with E-state index in [-0.39, 0.29) is 33.5 Å². The minimum absolute atomic E-state index is 0.0156. The third kappa shape index (κ3) is 5.48. The predicted molar refractivity (Wildman–Crippen MR) is 240 cm³/mol. The second-order valence-corrected chi connectivity index (χ2v) is 23.2. The van der Waals surface area contributed by atoms with Crippen LogP contribution < -0.4 is 0 Å². The minimum atomic E-state index is 0.0156. The van der Waals surface area contributed by atoms with Crippen LogP contribution in [0.4, 0.5) is 0 Å². The maximum Gasteiger partial charge on any atom is 0.0150 e. The maximum atomic E-state index is 5.07. The van der Waals surface area contributed by atoms with Crippen LogP contribution >= 0.6 is 0 Å². The van der Waals surface area contributed by atoms with Gasteiger partial charge in [-0.15, -0.1) is 0 Å². The molecule has 0 N–H and O–H groups in total. The summed E-state index contributed by atoms with van der Waals surface area (Å²) in [6.45, 7) is 58.9. The monoisotopic (exact) mass is 735 g/mol. The molecular formula is C55H74. The van der Waals surface area contributed by atoms with Crippen molar-refractivity contribution in [3.05, 3.63) is 136 Å². The zero-order valence-corrected chi connectivity index (χ0v) is 38.8. The Bertz CT molecular complexity index is 2230. The highest BCUT2D eigenvalue weighted by Crippen LogP contribution is 2.67. The number of hydrogen-bond acceptors (Lipinski definition) is 0. The molecule has 0 amide bonds. The molecule has 0 saturated heterocycles. The molecule has 4 atom stereocenters. The fourth-order valence-electron chi connectivity index (χ4n) is 12.9. The van der Waals surface area contributed by atoms with Crippen molar-refractivity contribution in [1.82, 2.24) is 0 Å². The quantitative estimate of drug-likeness (QED) is 0.271. The Kier molecular flexibility index (Phi) is 8.89. The van der Waals surface area contributed by atoms with Crippen LogP contribution in [-0.2, 0) is 0 Å². The zero-order valence-electron chi connectivity index (χ0n) is 38.8. The lowest BCUT2D eigenvalue weighted by Gasteiger charge is -2.38. The average Bonchev–Trinajstić information content (AvgIpc) is 3.86. The number of hydrogen-bond donors (Lipinski definition) is 0. The van der Waals surface area contributed by atoms with Gasteiger partial charge in [-0.1, -0.05) is 107 Å². The lowest BCUT2D eigenvalue weighted by molar-refractivity contribution is 0.297. The van der Waals surface area contributed by atoms with E-state index in [0.717, 1.165) is 19.3 Å². The molecule has 7 aliphatic carbocycles. The van der Waals surface area contributed by atoms with E-state index in [0.29, 0.717) is 11.8 Å². The van der Waals surface area contributed by atoms with Crippen LogP contribution in [0.3, 0.4) is 0 Å². The first-order valence-corrected chi connectivity index (χ1v) is 21.5. The molecule has 0 radical (unpaired) electrons. The Morgan fingerprint density at radius 2 is 0.691 bits per heavy atom. The van der Waals surface area contributed by atoms with Gasteiger partial charge in [0.25, 0.3) is 0 Å². The molecule has 7 aliphatic rings. The Morgan fingerprint density at radius 1 is 0.345 bits per heavy atom. The molecule has 0 bridgehead atoms. The van der Waals surface area contributed by atoms with Gasteiger partial charge in [0.2, 0.25) is 0 Å². The molecule has 0 fully saturated rings. The van der Waals surface area contributed by atoms with E-state index in [9.17, 15) is 0 Å². The summed E-state index contributed by atoms with van der Waals surface area (Å²) in [6, 6.07) is 0. The van der Waals surface area contributed by atoms with Crippen molar-refractivity contribution in [3.63, 3.8) is 0 Å². The largest absolute Gasteiger partial charge is 0.0946 e. The molecule has 0 nitrogen and oxygen atoms in total. The van der Waals surface area contributed by atoms with Crippen LogP contribution in [0.25, 0.3) is 0 Å². The first kappa shape index (κ1) is 40.1. The van der Waals surface area contributed by atoms with E-state index in [1.807, 2.05) is 0 Å². The van der Waals surface area contributed by atoms with Crippen LogP contribution in [-0.4, -0.2) is 0 Å². The van der Waals surface area contributed by atoms with E-state index in [1.54, 1.807) is 61.3 Å². The highest BCUT2D eigenvalue weighted by Gasteiger charge is 2.54. The summed E-state index contributed by atoms with van der Waals surface area (Å²) < 4.78 is 0. The molecule has 0 spiro atoms. The van der Waals surface area contributed by atoms with Crippen molar-refractivity contribution in [2.75, 3.05) is 0 Å². The molecular weight excluding hydrogens is 661 g/mol. The minimum Gasteiger partial charge on any atom is -0.0946 e. The molecule has 0 saturated carbocycles. The second-order valence-electron chi connectivity index (χ2n) is 23.2. The van der Waals surface area contributed by atoms with E-state index in [1.165, 1.54) is 61.3 Å². The average molecular weight is 735 g/mol. The van der Waals surface area contributed by atoms with Crippen LogP contribution in [0.15, 0.2) is 136 Å². The highest BCUT2D eigenvalue weighted by atomic mass is 14.6. The van der Waals surface area contributed by atoms with Crippen molar-refractivity contribution >= 4 is 0 Å². The summed E-state index contributed by atoms with van der Waals surface area (Å²) in [5.41, 5.74) is 34.1. The van der Waals surface area contributed by atoms with Crippen LogP contribution in [0, 0.1) is 45.3 Å². The van der Waals surface area contributed by atoms with Gasteiger partial charge in [-0.2, -0.15) is 0 Å². The lowest BCUT2D eigenvalue weighted by Crippen LogP contribution is -2.29. The first-order chi connectivity index (χ1) is 25.0. The van der Waals surface area contributed by atoms with E-state index in [2.05, 4.69) is 138 Å². The second kappa shape index (κ2) is 12.2. The van der Waals surface area contributed by atoms with Crippen LogP contribution in [0.2, 0.25) is 0 Å². The van der Waals surface area contributed by atoms with Gasteiger partial charge >= 0.3 is 0 Å². The third-order valence-electron chi connectivity index (χ3n) is 15.6. The molecule has 0 aromatic rings. The van der Waals surface area contributed by atoms with Crippen molar-refractivity contribution in [2.24, 2.45) is 45.3 Å². The topological polar surface area (TPSA) is 0 Å². The number of allylic oxidation sites excluding steroid dienone is 22. The summed E-state index contributed by atoms with van der Waals surface area (Å²) in [7, 11) is 0. The van der Waals surface area contributed by atoms with E-state index >= 15 is 0 Å². The summed E-state index contributed by atoms with van der Waals surface area (Å²) in [4.78, 5) is 0. The summed E-state index contributed by atoms with van der Waals surface area (Å²) in [5.74, 6) is 1.38. The lowest BCUT2D eigenvalue weighted by atomic mass is 9.65. The molecule has 0 heterocycles. The molecule has 294 valence electrons. The molecule has 55 heavy (non-hydrogen) atoms.